The van der Waals surface area contributed by atoms with E-state index in [1.165, 1.54) is 0 Å². The van der Waals surface area contributed by atoms with E-state index in [1.807, 2.05) is 6.92 Å². The zero-order valence-corrected chi connectivity index (χ0v) is 9.00. The van der Waals surface area contributed by atoms with Crippen molar-refractivity contribution in [3.8, 4) is 0 Å². The highest BCUT2D eigenvalue weighted by atomic mass is 32.1. The van der Waals surface area contributed by atoms with Gasteiger partial charge in [0.2, 0.25) is 0 Å². The lowest BCUT2D eigenvalue weighted by atomic mass is 9.76. The normalized spacial score (nSPS) is 14.5. The van der Waals surface area contributed by atoms with Crippen molar-refractivity contribution in [3.05, 3.63) is 0 Å². The Labute approximate surface area is 85.2 Å². The van der Waals surface area contributed by atoms with Gasteiger partial charge in [-0.1, -0.05) is 6.92 Å². The van der Waals surface area contributed by atoms with Crippen molar-refractivity contribution in [3.63, 3.8) is 0 Å². The van der Waals surface area contributed by atoms with Crippen LogP contribution in [-0.2, 0) is 0 Å². The summed E-state index contributed by atoms with van der Waals surface area (Å²) in [6.07, 6.45) is 1.80. The first kappa shape index (κ1) is 13.2. The van der Waals surface area contributed by atoms with Gasteiger partial charge < -0.3 is 15.3 Å². The number of aliphatic hydroxyl groups is 3. The molecule has 0 radical (unpaired) electrons. The highest BCUT2D eigenvalue weighted by Crippen LogP contribution is 2.29. The smallest absolute Gasteiger partial charge is 0.0534 e. The van der Waals surface area contributed by atoms with Gasteiger partial charge in [-0.2, -0.15) is 12.6 Å². The molecule has 0 aliphatic rings. The molecule has 0 heterocycles. The zero-order chi connectivity index (χ0) is 10.3. The molecule has 0 saturated carbocycles. The highest BCUT2D eigenvalue weighted by Gasteiger charge is 2.33. The van der Waals surface area contributed by atoms with Gasteiger partial charge in [0.1, 0.15) is 0 Å². The molecule has 13 heavy (non-hydrogen) atoms. The molecule has 0 aromatic carbocycles. The third kappa shape index (κ3) is 3.46. The lowest BCUT2D eigenvalue weighted by Gasteiger charge is -2.34. The van der Waals surface area contributed by atoms with Crippen molar-refractivity contribution in [2.24, 2.45) is 11.3 Å². The molecule has 4 heteroatoms. The minimum absolute atomic E-state index is 0.111. The Morgan fingerprint density at radius 2 is 1.62 bits per heavy atom. The Hall–Kier alpha value is 0.230. The van der Waals surface area contributed by atoms with Crippen LogP contribution in [0.1, 0.15) is 19.8 Å². The van der Waals surface area contributed by atoms with E-state index in [-0.39, 0.29) is 25.7 Å². The molecule has 0 aromatic rings. The highest BCUT2D eigenvalue weighted by molar-refractivity contribution is 7.80. The maximum Gasteiger partial charge on any atom is 0.0534 e. The lowest BCUT2D eigenvalue weighted by molar-refractivity contribution is -0.0356. The molecule has 1 unspecified atom stereocenters. The molecule has 0 rings (SSSR count). The molecule has 1 atom stereocenters. The second-order valence-electron chi connectivity index (χ2n) is 3.60. The van der Waals surface area contributed by atoms with Crippen LogP contribution in [0.5, 0.6) is 0 Å². The average molecular weight is 208 g/mol. The molecule has 0 bridgehead atoms. The van der Waals surface area contributed by atoms with Crippen molar-refractivity contribution in [1.29, 1.82) is 0 Å². The summed E-state index contributed by atoms with van der Waals surface area (Å²) in [6.45, 7) is 1.42. The lowest BCUT2D eigenvalue weighted by Crippen LogP contribution is -2.40. The third-order valence-corrected chi connectivity index (χ3v) is 3.10. The summed E-state index contributed by atoms with van der Waals surface area (Å²) < 4.78 is 0. The summed E-state index contributed by atoms with van der Waals surface area (Å²) in [5, 5.41) is 27.3. The second kappa shape index (κ2) is 6.65. The number of rotatable bonds is 7. The summed E-state index contributed by atoms with van der Waals surface area (Å²) in [7, 11) is 0. The minimum Gasteiger partial charge on any atom is -0.396 e. The van der Waals surface area contributed by atoms with Gasteiger partial charge in [0, 0.05) is 5.41 Å². The van der Waals surface area contributed by atoms with Crippen LogP contribution in [0, 0.1) is 11.3 Å². The van der Waals surface area contributed by atoms with Crippen LogP contribution in [0.2, 0.25) is 0 Å². The van der Waals surface area contributed by atoms with Gasteiger partial charge in [-0.05, 0) is 24.5 Å². The topological polar surface area (TPSA) is 60.7 Å². The fraction of sp³-hybridized carbons (Fsp3) is 1.00. The summed E-state index contributed by atoms with van der Waals surface area (Å²) in [5.41, 5.74) is -0.733. The van der Waals surface area contributed by atoms with Crippen molar-refractivity contribution in [1.82, 2.24) is 0 Å². The fourth-order valence-electron chi connectivity index (χ4n) is 1.32. The fourth-order valence-corrected chi connectivity index (χ4v) is 1.50. The third-order valence-electron chi connectivity index (χ3n) is 2.79. The van der Waals surface area contributed by atoms with E-state index >= 15 is 0 Å². The molecule has 0 aliphatic heterocycles. The van der Waals surface area contributed by atoms with Crippen molar-refractivity contribution in [2.45, 2.75) is 19.8 Å². The molecule has 0 spiro atoms. The Bertz CT molecular complexity index is 118. The first-order valence-corrected chi connectivity index (χ1v) is 5.23. The van der Waals surface area contributed by atoms with Gasteiger partial charge in [0.25, 0.3) is 0 Å². The Morgan fingerprint density at radius 3 is 1.92 bits per heavy atom. The van der Waals surface area contributed by atoms with E-state index in [1.54, 1.807) is 0 Å². The van der Waals surface area contributed by atoms with Crippen LogP contribution in [0.15, 0.2) is 0 Å². The molecule has 80 valence electrons. The second-order valence-corrected chi connectivity index (χ2v) is 4.05. The van der Waals surface area contributed by atoms with Crippen LogP contribution in [0.4, 0.5) is 0 Å². The summed E-state index contributed by atoms with van der Waals surface area (Å²) in [5.74, 6) is 0.905. The van der Waals surface area contributed by atoms with Crippen molar-refractivity contribution in [2.75, 3.05) is 25.6 Å². The summed E-state index contributed by atoms with van der Waals surface area (Å²) >= 11 is 4.09. The largest absolute Gasteiger partial charge is 0.396 e. The zero-order valence-electron chi connectivity index (χ0n) is 8.11. The van der Waals surface area contributed by atoms with Gasteiger partial charge in [0.15, 0.2) is 0 Å². The predicted octanol–water partition coefficient (Wildman–Crippen LogP) is 0.296. The van der Waals surface area contributed by atoms with E-state index in [4.69, 9.17) is 15.3 Å². The van der Waals surface area contributed by atoms with Crippen LogP contribution in [0.25, 0.3) is 0 Å². The van der Waals surface area contributed by atoms with Crippen LogP contribution in [0.3, 0.4) is 0 Å². The quantitative estimate of drug-likeness (QED) is 0.455. The maximum absolute atomic E-state index is 9.11. The molecule has 3 nitrogen and oxygen atoms in total. The van der Waals surface area contributed by atoms with E-state index < -0.39 is 5.41 Å². The molecular formula is C9H20O3S. The molecule has 0 aromatic heterocycles. The van der Waals surface area contributed by atoms with Crippen molar-refractivity contribution >= 4 is 12.6 Å². The number of aliphatic hydroxyl groups excluding tert-OH is 3. The summed E-state index contributed by atoms with van der Waals surface area (Å²) in [6, 6.07) is 0. The van der Waals surface area contributed by atoms with E-state index in [9.17, 15) is 0 Å². The SMILES string of the molecule is CC(CCCS)C(CO)(CO)CO. The molecule has 0 fully saturated rings. The molecule has 0 amide bonds. The van der Waals surface area contributed by atoms with Gasteiger partial charge in [-0.15, -0.1) is 0 Å². The number of hydrogen-bond donors (Lipinski definition) is 4. The molecule has 0 saturated heterocycles. The molecule has 3 N–H and O–H groups in total. The van der Waals surface area contributed by atoms with Gasteiger partial charge >= 0.3 is 0 Å². The van der Waals surface area contributed by atoms with Crippen molar-refractivity contribution < 1.29 is 15.3 Å². The Morgan fingerprint density at radius 1 is 1.15 bits per heavy atom. The summed E-state index contributed by atoms with van der Waals surface area (Å²) in [4.78, 5) is 0. The minimum atomic E-state index is -0.733. The van der Waals surface area contributed by atoms with Gasteiger partial charge in [0.05, 0.1) is 19.8 Å². The maximum atomic E-state index is 9.11. The van der Waals surface area contributed by atoms with Crippen LogP contribution >= 0.6 is 12.6 Å². The first-order valence-electron chi connectivity index (χ1n) is 4.60. The first-order chi connectivity index (χ1) is 6.16. The Kier molecular flexibility index (Phi) is 6.77. The average Bonchev–Trinajstić information content (AvgIpc) is 2.18. The van der Waals surface area contributed by atoms with E-state index in [0.717, 1.165) is 18.6 Å². The van der Waals surface area contributed by atoms with Gasteiger partial charge in [-0.3, -0.25) is 0 Å². The van der Waals surface area contributed by atoms with Gasteiger partial charge in [-0.25, -0.2) is 0 Å². The van der Waals surface area contributed by atoms with Crippen LogP contribution in [-0.4, -0.2) is 40.9 Å². The monoisotopic (exact) mass is 208 g/mol. The van der Waals surface area contributed by atoms with Crippen LogP contribution < -0.4 is 0 Å². The van der Waals surface area contributed by atoms with E-state index in [2.05, 4.69) is 12.6 Å². The molecular weight excluding hydrogens is 188 g/mol. The van der Waals surface area contributed by atoms with E-state index in [0.29, 0.717) is 0 Å². The molecule has 0 aliphatic carbocycles. The Balaban J connectivity index is 4.17. The predicted molar refractivity (Wildman–Crippen MR) is 55.9 cm³/mol. The standard InChI is InChI=1S/C9H20O3S/c1-8(3-2-4-13)9(5-10,6-11)7-12/h8,10-13H,2-7H2,1H3. The number of hydrogen-bond acceptors (Lipinski definition) is 4. The number of thiol groups is 1.